The van der Waals surface area contributed by atoms with Crippen molar-refractivity contribution in [2.45, 2.75) is 13.0 Å². The molecule has 0 bridgehead atoms. The summed E-state index contributed by atoms with van der Waals surface area (Å²) in [6.45, 7) is 0.332. The standard InChI is InChI=1S/C18H13ClFN5OS/c19-13-3-1-2-12(9-13)17-22-15(26-25-17)10-21-18-24-23-16(27-18)8-11-4-6-14(20)7-5-11/h1-7,9H,8,10H2,(H,21,24). The van der Waals surface area contributed by atoms with Gasteiger partial charge in [0.2, 0.25) is 16.8 Å². The molecule has 0 saturated heterocycles. The van der Waals surface area contributed by atoms with Crippen LogP contribution in [0.25, 0.3) is 11.4 Å². The van der Waals surface area contributed by atoms with Crippen molar-refractivity contribution in [2.24, 2.45) is 0 Å². The van der Waals surface area contributed by atoms with Crippen LogP contribution in [0.1, 0.15) is 16.5 Å². The molecule has 0 amide bonds. The maximum Gasteiger partial charge on any atom is 0.246 e. The topological polar surface area (TPSA) is 76.7 Å². The van der Waals surface area contributed by atoms with Crippen molar-refractivity contribution in [1.82, 2.24) is 20.3 Å². The first-order valence-corrected chi connectivity index (χ1v) is 9.24. The van der Waals surface area contributed by atoms with Crippen LogP contribution in [0.3, 0.4) is 0 Å². The van der Waals surface area contributed by atoms with Gasteiger partial charge in [-0.05, 0) is 29.8 Å². The quantitative estimate of drug-likeness (QED) is 0.509. The maximum atomic E-state index is 13.0. The van der Waals surface area contributed by atoms with E-state index in [0.717, 1.165) is 16.1 Å². The van der Waals surface area contributed by atoms with E-state index in [0.29, 0.717) is 34.8 Å². The van der Waals surface area contributed by atoms with E-state index in [1.54, 1.807) is 24.3 Å². The fourth-order valence-corrected chi connectivity index (χ4v) is 3.36. The first kappa shape index (κ1) is 17.6. The monoisotopic (exact) mass is 401 g/mol. The summed E-state index contributed by atoms with van der Waals surface area (Å²) in [5.41, 5.74) is 1.76. The fourth-order valence-electron chi connectivity index (χ4n) is 2.40. The Morgan fingerprint density at radius 1 is 1.11 bits per heavy atom. The van der Waals surface area contributed by atoms with Crippen molar-refractivity contribution < 1.29 is 8.91 Å². The van der Waals surface area contributed by atoms with Gasteiger partial charge >= 0.3 is 0 Å². The van der Waals surface area contributed by atoms with Crippen LogP contribution in [0.2, 0.25) is 5.02 Å². The first-order chi connectivity index (χ1) is 13.2. The van der Waals surface area contributed by atoms with Crippen molar-refractivity contribution >= 4 is 28.1 Å². The average Bonchev–Trinajstić information content (AvgIpc) is 3.31. The lowest BCUT2D eigenvalue weighted by Gasteiger charge is -1.97. The van der Waals surface area contributed by atoms with Crippen LogP contribution >= 0.6 is 22.9 Å². The molecule has 0 saturated carbocycles. The van der Waals surface area contributed by atoms with Crippen LogP contribution in [0.5, 0.6) is 0 Å². The fraction of sp³-hybridized carbons (Fsp3) is 0.111. The molecule has 6 nitrogen and oxygen atoms in total. The number of aromatic nitrogens is 4. The van der Waals surface area contributed by atoms with E-state index >= 15 is 0 Å². The number of anilines is 1. The number of nitrogens with one attached hydrogen (secondary N) is 1. The summed E-state index contributed by atoms with van der Waals surface area (Å²) in [5, 5.41) is 17.4. The zero-order valence-electron chi connectivity index (χ0n) is 13.9. The Morgan fingerprint density at radius 3 is 2.78 bits per heavy atom. The summed E-state index contributed by atoms with van der Waals surface area (Å²) in [7, 11) is 0. The molecule has 0 aliphatic carbocycles. The van der Waals surface area contributed by atoms with Crippen LogP contribution in [0.4, 0.5) is 9.52 Å². The van der Waals surface area contributed by atoms with Crippen molar-refractivity contribution in [3.8, 4) is 11.4 Å². The molecule has 0 radical (unpaired) electrons. The summed E-state index contributed by atoms with van der Waals surface area (Å²) in [5.74, 6) is 0.652. The van der Waals surface area contributed by atoms with Gasteiger partial charge in [-0.15, -0.1) is 10.2 Å². The maximum absolute atomic E-state index is 13.0. The number of rotatable bonds is 6. The molecule has 0 aliphatic heterocycles. The van der Waals surface area contributed by atoms with Gasteiger partial charge in [0.1, 0.15) is 10.8 Å². The predicted octanol–water partition coefficient (Wildman–Crippen LogP) is 4.58. The summed E-state index contributed by atoms with van der Waals surface area (Å²) < 4.78 is 18.2. The van der Waals surface area contributed by atoms with E-state index in [1.165, 1.54) is 23.5 Å². The van der Waals surface area contributed by atoms with Gasteiger partial charge in [-0.25, -0.2) is 4.39 Å². The lowest BCUT2D eigenvalue weighted by molar-refractivity contribution is 0.384. The Labute approximate surface area is 163 Å². The molecule has 0 spiro atoms. The SMILES string of the molecule is Fc1ccc(Cc2nnc(NCc3nc(-c4cccc(Cl)c4)no3)s2)cc1. The van der Waals surface area contributed by atoms with Crippen molar-refractivity contribution in [2.75, 3.05) is 5.32 Å². The van der Waals surface area contributed by atoms with Crippen LogP contribution in [-0.2, 0) is 13.0 Å². The van der Waals surface area contributed by atoms with Crippen molar-refractivity contribution in [1.29, 1.82) is 0 Å². The number of halogens is 2. The largest absolute Gasteiger partial charge is 0.351 e. The molecule has 9 heteroatoms. The third-order valence-corrected chi connectivity index (χ3v) is 4.79. The molecule has 2 aromatic heterocycles. The average molecular weight is 402 g/mol. The summed E-state index contributed by atoms with van der Waals surface area (Å²) in [6.07, 6.45) is 0.596. The third kappa shape index (κ3) is 4.47. The second-order valence-electron chi connectivity index (χ2n) is 5.68. The highest BCUT2D eigenvalue weighted by Gasteiger charge is 2.10. The molecule has 27 heavy (non-hydrogen) atoms. The number of nitrogens with zero attached hydrogens (tertiary/aromatic N) is 4. The molecule has 1 N–H and O–H groups in total. The molecule has 2 heterocycles. The second-order valence-corrected chi connectivity index (χ2v) is 7.18. The van der Waals surface area contributed by atoms with Gasteiger partial charge in [-0.2, -0.15) is 4.98 Å². The van der Waals surface area contributed by atoms with Gasteiger partial charge < -0.3 is 9.84 Å². The molecule has 4 aromatic rings. The Bertz CT molecular complexity index is 1050. The normalized spacial score (nSPS) is 10.9. The summed E-state index contributed by atoms with van der Waals surface area (Å²) in [4.78, 5) is 4.34. The minimum absolute atomic E-state index is 0.255. The molecule has 0 atom stereocenters. The number of hydrogen-bond acceptors (Lipinski definition) is 7. The smallest absolute Gasteiger partial charge is 0.246 e. The highest BCUT2D eigenvalue weighted by atomic mass is 35.5. The highest BCUT2D eigenvalue weighted by Crippen LogP contribution is 2.22. The number of hydrogen-bond donors (Lipinski definition) is 1. The van der Waals surface area contributed by atoms with Crippen LogP contribution < -0.4 is 5.32 Å². The van der Waals surface area contributed by atoms with Crippen LogP contribution in [0, 0.1) is 5.82 Å². The van der Waals surface area contributed by atoms with Crippen LogP contribution in [-0.4, -0.2) is 20.3 Å². The molecular formula is C18H13ClFN5OS. The number of benzene rings is 2. The Hall–Kier alpha value is -2.84. The van der Waals surface area contributed by atoms with E-state index in [2.05, 4.69) is 25.7 Å². The Balaban J connectivity index is 1.37. The van der Waals surface area contributed by atoms with Gasteiger partial charge in [0.15, 0.2) is 0 Å². The molecule has 0 unspecified atom stereocenters. The van der Waals surface area contributed by atoms with E-state index in [-0.39, 0.29) is 5.82 Å². The lowest BCUT2D eigenvalue weighted by atomic mass is 10.2. The predicted molar refractivity (Wildman–Crippen MR) is 101 cm³/mol. The van der Waals surface area contributed by atoms with E-state index < -0.39 is 0 Å². The second kappa shape index (κ2) is 7.81. The lowest BCUT2D eigenvalue weighted by Crippen LogP contribution is -1.99. The summed E-state index contributed by atoms with van der Waals surface area (Å²) in [6, 6.07) is 13.6. The van der Waals surface area contributed by atoms with Gasteiger partial charge in [-0.1, -0.05) is 52.4 Å². The minimum Gasteiger partial charge on any atom is -0.351 e. The molecule has 0 aliphatic rings. The van der Waals surface area contributed by atoms with Gasteiger partial charge in [0.05, 0.1) is 6.54 Å². The zero-order valence-corrected chi connectivity index (χ0v) is 15.5. The molecule has 0 fully saturated rings. The first-order valence-electron chi connectivity index (χ1n) is 8.05. The van der Waals surface area contributed by atoms with Gasteiger partial charge in [-0.3, -0.25) is 0 Å². The zero-order chi connectivity index (χ0) is 18.6. The third-order valence-electron chi connectivity index (χ3n) is 3.68. The van der Waals surface area contributed by atoms with E-state index in [1.807, 2.05) is 12.1 Å². The van der Waals surface area contributed by atoms with Gasteiger partial charge in [0, 0.05) is 17.0 Å². The Morgan fingerprint density at radius 2 is 1.96 bits per heavy atom. The van der Waals surface area contributed by atoms with E-state index in [4.69, 9.17) is 16.1 Å². The molecule has 2 aromatic carbocycles. The minimum atomic E-state index is -0.255. The molecular weight excluding hydrogens is 389 g/mol. The van der Waals surface area contributed by atoms with E-state index in [9.17, 15) is 4.39 Å². The Kier molecular flexibility index (Phi) is 5.08. The summed E-state index contributed by atoms with van der Waals surface area (Å²) >= 11 is 7.40. The van der Waals surface area contributed by atoms with Crippen molar-refractivity contribution in [3.05, 3.63) is 75.8 Å². The van der Waals surface area contributed by atoms with Crippen LogP contribution in [0.15, 0.2) is 53.1 Å². The highest BCUT2D eigenvalue weighted by molar-refractivity contribution is 7.15. The van der Waals surface area contributed by atoms with Gasteiger partial charge in [0.25, 0.3) is 0 Å². The molecule has 4 rings (SSSR count). The molecule has 136 valence electrons. The van der Waals surface area contributed by atoms with Crippen molar-refractivity contribution in [3.63, 3.8) is 0 Å².